The van der Waals surface area contributed by atoms with E-state index >= 15 is 0 Å². The molecule has 1 aliphatic rings. The summed E-state index contributed by atoms with van der Waals surface area (Å²) in [4.78, 5) is 26.2. The minimum Gasteiger partial charge on any atom is -0.480 e. The van der Waals surface area contributed by atoms with Crippen molar-refractivity contribution in [1.29, 1.82) is 0 Å². The molecule has 0 fully saturated rings. The lowest BCUT2D eigenvalue weighted by molar-refractivity contribution is -0.161. The highest BCUT2D eigenvalue weighted by Gasteiger charge is 2.35. The molecule has 28 heavy (non-hydrogen) atoms. The summed E-state index contributed by atoms with van der Waals surface area (Å²) in [5, 5.41) is 9.63. The molecule has 2 aromatic carbocycles. The van der Waals surface area contributed by atoms with Gasteiger partial charge >= 0.3 is 11.9 Å². The van der Waals surface area contributed by atoms with Gasteiger partial charge in [0.15, 0.2) is 0 Å². The van der Waals surface area contributed by atoms with Crippen LogP contribution in [0.3, 0.4) is 0 Å². The van der Waals surface area contributed by atoms with E-state index in [0.29, 0.717) is 13.1 Å². The van der Waals surface area contributed by atoms with Crippen LogP contribution in [0.25, 0.3) is 11.1 Å². The van der Waals surface area contributed by atoms with Gasteiger partial charge in [0, 0.05) is 5.92 Å². The Morgan fingerprint density at radius 1 is 0.964 bits per heavy atom. The number of rotatable bonds is 9. The molecule has 0 amide bonds. The molecular formula is C23H27NO4. The Balaban J connectivity index is 1.79. The van der Waals surface area contributed by atoms with Crippen molar-refractivity contribution in [3.63, 3.8) is 0 Å². The van der Waals surface area contributed by atoms with Crippen molar-refractivity contribution >= 4 is 11.9 Å². The topological polar surface area (TPSA) is 66.8 Å². The fourth-order valence-corrected chi connectivity index (χ4v) is 4.03. The van der Waals surface area contributed by atoms with Gasteiger partial charge in [-0.3, -0.25) is 4.90 Å². The van der Waals surface area contributed by atoms with Crippen LogP contribution in [-0.2, 0) is 14.3 Å². The van der Waals surface area contributed by atoms with Crippen LogP contribution in [0.2, 0.25) is 0 Å². The average molecular weight is 381 g/mol. The van der Waals surface area contributed by atoms with E-state index in [0.717, 1.165) is 35.1 Å². The lowest BCUT2D eigenvalue weighted by Crippen LogP contribution is -2.48. The molecule has 3 rings (SSSR count). The summed E-state index contributed by atoms with van der Waals surface area (Å²) in [5.74, 6) is -1.91. The molecule has 1 atom stereocenters. The van der Waals surface area contributed by atoms with Crippen molar-refractivity contribution in [2.24, 2.45) is 0 Å². The number of fused-ring (bicyclic) bond motifs is 3. The maximum absolute atomic E-state index is 12.7. The standard InChI is InChI=1S/C23H27NO4/c1-3-13-24(14-4-2)21(22(25)26)23(27)28-15-20-18-11-7-5-9-16(18)17-10-6-8-12-19(17)20/h5-12,20-21H,3-4,13-15H2,1-2H3,(H,25,26). The number of aliphatic carboxylic acids is 1. The van der Waals surface area contributed by atoms with E-state index in [2.05, 4.69) is 12.1 Å². The minimum atomic E-state index is -1.26. The van der Waals surface area contributed by atoms with Crippen molar-refractivity contribution in [1.82, 2.24) is 4.90 Å². The minimum absolute atomic E-state index is 0.0726. The molecule has 1 N–H and O–H groups in total. The van der Waals surface area contributed by atoms with Gasteiger partial charge in [-0.05, 0) is 48.2 Å². The number of benzene rings is 2. The largest absolute Gasteiger partial charge is 0.480 e. The Kier molecular flexibility index (Phi) is 6.47. The molecule has 5 heteroatoms. The number of nitrogens with zero attached hydrogens (tertiary/aromatic N) is 1. The molecule has 148 valence electrons. The molecule has 0 aliphatic heterocycles. The highest BCUT2D eigenvalue weighted by atomic mass is 16.5. The molecule has 0 aromatic heterocycles. The van der Waals surface area contributed by atoms with Gasteiger partial charge < -0.3 is 9.84 Å². The highest BCUT2D eigenvalue weighted by molar-refractivity contribution is 5.98. The van der Waals surface area contributed by atoms with Crippen LogP contribution in [0.15, 0.2) is 48.5 Å². The Labute approximate surface area is 165 Å². The number of hydrogen-bond acceptors (Lipinski definition) is 4. The Morgan fingerprint density at radius 3 is 1.93 bits per heavy atom. The predicted molar refractivity (Wildman–Crippen MR) is 108 cm³/mol. The molecule has 0 radical (unpaired) electrons. The quantitative estimate of drug-likeness (QED) is 0.527. The third kappa shape index (κ3) is 3.94. The molecule has 0 bridgehead atoms. The Bertz CT molecular complexity index is 797. The molecule has 5 nitrogen and oxygen atoms in total. The van der Waals surface area contributed by atoms with Crippen LogP contribution < -0.4 is 0 Å². The van der Waals surface area contributed by atoms with E-state index in [-0.39, 0.29) is 12.5 Å². The van der Waals surface area contributed by atoms with E-state index in [4.69, 9.17) is 4.74 Å². The second kappa shape index (κ2) is 9.02. The van der Waals surface area contributed by atoms with Gasteiger partial charge in [-0.15, -0.1) is 0 Å². The second-order valence-electron chi connectivity index (χ2n) is 7.13. The Morgan fingerprint density at radius 2 is 1.46 bits per heavy atom. The van der Waals surface area contributed by atoms with Gasteiger partial charge in [0.2, 0.25) is 6.04 Å². The predicted octanol–water partition coefficient (Wildman–Crippen LogP) is 3.92. The summed E-state index contributed by atoms with van der Waals surface area (Å²) >= 11 is 0. The van der Waals surface area contributed by atoms with Gasteiger partial charge in [-0.2, -0.15) is 0 Å². The maximum Gasteiger partial charge on any atom is 0.335 e. The van der Waals surface area contributed by atoms with E-state index in [1.807, 2.05) is 50.2 Å². The lowest BCUT2D eigenvalue weighted by Gasteiger charge is -2.27. The first-order chi connectivity index (χ1) is 13.6. The number of carbonyl (C=O) groups is 2. The monoisotopic (exact) mass is 381 g/mol. The zero-order valence-corrected chi connectivity index (χ0v) is 16.4. The third-order valence-corrected chi connectivity index (χ3v) is 5.20. The average Bonchev–Trinajstić information content (AvgIpc) is 3.00. The molecule has 0 spiro atoms. The van der Waals surface area contributed by atoms with Gasteiger partial charge in [-0.25, -0.2) is 9.59 Å². The zero-order valence-electron chi connectivity index (χ0n) is 16.4. The van der Waals surface area contributed by atoms with Crippen molar-refractivity contribution in [3.05, 3.63) is 59.7 Å². The summed E-state index contributed by atoms with van der Waals surface area (Å²) in [6.07, 6.45) is 1.56. The van der Waals surface area contributed by atoms with E-state index in [1.54, 1.807) is 4.90 Å². The summed E-state index contributed by atoms with van der Waals surface area (Å²) < 4.78 is 5.58. The van der Waals surface area contributed by atoms with Crippen molar-refractivity contribution < 1.29 is 19.4 Å². The van der Waals surface area contributed by atoms with Crippen LogP contribution in [0, 0.1) is 0 Å². The fourth-order valence-electron chi connectivity index (χ4n) is 4.03. The van der Waals surface area contributed by atoms with Gasteiger partial charge in [0.1, 0.15) is 6.61 Å². The number of carboxylic acid groups (broad SMARTS) is 1. The van der Waals surface area contributed by atoms with Crippen LogP contribution in [-0.4, -0.2) is 47.7 Å². The summed E-state index contributed by atoms with van der Waals surface area (Å²) in [6.45, 7) is 5.19. The van der Waals surface area contributed by atoms with Crippen LogP contribution >= 0.6 is 0 Å². The van der Waals surface area contributed by atoms with Crippen molar-refractivity contribution in [2.45, 2.75) is 38.6 Å². The molecule has 1 aliphatic carbocycles. The SMILES string of the molecule is CCCN(CCC)C(C(=O)O)C(=O)OCC1c2ccccc2-c2ccccc21. The smallest absolute Gasteiger partial charge is 0.335 e. The van der Waals surface area contributed by atoms with Crippen molar-refractivity contribution in [3.8, 4) is 11.1 Å². The molecule has 0 heterocycles. The summed E-state index contributed by atoms with van der Waals surface area (Å²) in [5.41, 5.74) is 4.52. The van der Waals surface area contributed by atoms with Crippen LogP contribution in [0.4, 0.5) is 0 Å². The number of esters is 1. The van der Waals surface area contributed by atoms with E-state index in [9.17, 15) is 14.7 Å². The summed E-state index contributed by atoms with van der Waals surface area (Å²) in [6, 6.07) is 14.9. The number of ether oxygens (including phenoxy) is 1. The zero-order chi connectivity index (χ0) is 20.1. The molecular weight excluding hydrogens is 354 g/mol. The first kappa shape index (κ1) is 20.1. The maximum atomic E-state index is 12.7. The molecule has 2 aromatic rings. The first-order valence-electron chi connectivity index (χ1n) is 9.90. The van der Waals surface area contributed by atoms with Gasteiger partial charge in [-0.1, -0.05) is 62.4 Å². The van der Waals surface area contributed by atoms with E-state index in [1.165, 1.54) is 0 Å². The lowest BCUT2D eigenvalue weighted by atomic mass is 9.98. The molecule has 0 saturated heterocycles. The fraction of sp³-hybridized carbons (Fsp3) is 0.391. The van der Waals surface area contributed by atoms with Crippen molar-refractivity contribution in [2.75, 3.05) is 19.7 Å². The number of carbonyl (C=O) groups excluding carboxylic acids is 1. The van der Waals surface area contributed by atoms with Crippen LogP contribution in [0.5, 0.6) is 0 Å². The molecule has 1 unspecified atom stereocenters. The third-order valence-electron chi connectivity index (χ3n) is 5.20. The Hall–Kier alpha value is -2.66. The number of hydrogen-bond donors (Lipinski definition) is 1. The first-order valence-corrected chi connectivity index (χ1v) is 9.90. The van der Waals surface area contributed by atoms with E-state index < -0.39 is 18.0 Å². The highest BCUT2D eigenvalue weighted by Crippen LogP contribution is 2.44. The van der Waals surface area contributed by atoms with Gasteiger partial charge in [0.05, 0.1) is 0 Å². The van der Waals surface area contributed by atoms with Crippen LogP contribution in [0.1, 0.15) is 43.7 Å². The van der Waals surface area contributed by atoms with Gasteiger partial charge in [0.25, 0.3) is 0 Å². The molecule has 0 saturated carbocycles. The normalized spacial score (nSPS) is 13.8. The second-order valence-corrected chi connectivity index (χ2v) is 7.13. The number of carboxylic acids is 1. The summed E-state index contributed by atoms with van der Waals surface area (Å²) in [7, 11) is 0.